The second-order valence-electron chi connectivity index (χ2n) is 6.29. The van der Waals surface area contributed by atoms with Crippen LogP contribution in [-0.4, -0.2) is 53.3 Å². The molecule has 1 amide bonds. The third kappa shape index (κ3) is 5.66. The van der Waals surface area contributed by atoms with Crippen LogP contribution in [0.2, 0.25) is 0 Å². The minimum atomic E-state index is -0.540. The maximum atomic E-state index is 11.8. The number of rotatable bonds is 6. The molecule has 1 aromatic carbocycles. The maximum absolute atomic E-state index is 11.8. The van der Waals surface area contributed by atoms with Gasteiger partial charge >= 0.3 is 0 Å². The molecule has 0 spiro atoms. The standard InChI is InChI=1S/C17H26N2O3/c1-13-5-7-19(8-6-13)12-16(21)11-18-17(22)10-14-3-2-4-15(20)9-14/h2-4,9,13,16,20-21H,5-8,10-12H2,1H3,(H,18,22). The number of aromatic hydroxyl groups is 1. The van der Waals surface area contributed by atoms with Crippen LogP contribution >= 0.6 is 0 Å². The Morgan fingerprint density at radius 1 is 1.41 bits per heavy atom. The van der Waals surface area contributed by atoms with E-state index in [1.54, 1.807) is 24.3 Å². The van der Waals surface area contributed by atoms with Crippen molar-refractivity contribution in [2.75, 3.05) is 26.2 Å². The number of nitrogens with zero attached hydrogens (tertiary/aromatic N) is 1. The predicted molar refractivity (Wildman–Crippen MR) is 85.7 cm³/mol. The zero-order valence-electron chi connectivity index (χ0n) is 13.2. The molecule has 122 valence electrons. The molecule has 3 N–H and O–H groups in total. The molecule has 1 heterocycles. The second kappa shape index (κ2) is 8.15. The van der Waals surface area contributed by atoms with E-state index in [1.807, 2.05) is 0 Å². The number of hydrogen-bond donors (Lipinski definition) is 3. The fourth-order valence-corrected chi connectivity index (χ4v) is 2.75. The third-order valence-corrected chi connectivity index (χ3v) is 4.16. The molecule has 5 heteroatoms. The molecule has 1 aliphatic rings. The Hall–Kier alpha value is -1.59. The van der Waals surface area contributed by atoms with Crippen molar-refractivity contribution in [2.24, 2.45) is 5.92 Å². The quantitative estimate of drug-likeness (QED) is 0.737. The number of nitrogens with one attached hydrogen (secondary N) is 1. The normalized spacial score (nSPS) is 18.1. The lowest BCUT2D eigenvalue weighted by atomic mass is 9.99. The van der Waals surface area contributed by atoms with Crippen molar-refractivity contribution in [1.82, 2.24) is 10.2 Å². The Kier molecular flexibility index (Phi) is 6.21. The summed E-state index contributed by atoms with van der Waals surface area (Å²) in [5.74, 6) is 0.789. The van der Waals surface area contributed by atoms with Crippen molar-refractivity contribution in [3.8, 4) is 5.75 Å². The number of amides is 1. The van der Waals surface area contributed by atoms with Gasteiger partial charge in [-0.2, -0.15) is 0 Å². The van der Waals surface area contributed by atoms with Crippen molar-refractivity contribution in [2.45, 2.75) is 32.3 Å². The summed E-state index contributed by atoms with van der Waals surface area (Å²) in [4.78, 5) is 14.1. The number of phenolic OH excluding ortho intramolecular Hbond substituents is 1. The highest BCUT2D eigenvalue weighted by molar-refractivity contribution is 5.78. The molecule has 0 aromatic heterocycles. The molecule has 22 heavy (non-hydrogen) atoms. The summed E-state index contributed by atoms with van der Waals surface area (Å²) in [5.41, 5.74) is 0.761. The van der Waals surface area contributed by atoms with Gasteiger partial charge in [0.25, 0.3) is 0 Å². The Bertz CT molecular complexity index is 485. The van der Waals surface area contributed by atoms with E-state index in [2.05, 4.69) is 17.1 Å². The molecular formula is C17H26N2O3. The molecule has 1 aromatic rings. The monoisotopic (exact) mass is 306 g/mol. The van der Waals surface area contributed by atoms with Gasteiger partial charge in [0.2, 0.25) is 5.91 Å². The fourth-order valence-electron chi connectivity index (χ4n) is 2.75. The second-order valence-corrected chi connectivity index (χ2v) is 6.29. The number of piperidine rings is 1. The van der Waals surface area contributed by atoms with Gasteiger partial charge in [-0.15, -0.1) is 0 Å². The highest BCUT2D eigenvalue weighted by Gasteiger charge is 2.18. The van der Waals surface area contributed by atoms with Gasteiger partial charge in [-0.3, -0.25) is 4.79 Å². The molecule has 2 rings (SSSR count). The summed E-state index contributed by atoms with van der Waals surface area (Å²) in [6.45, 7) is 5.18. The van der Waals surface area contributed by atoms with Crippen LogP contribution in [0.3, 0.4) is 0 Å². The number of benzene rings is 1. The van der Waals surface area contributed by atoms with Gasteiger partial charge in [-0.05, 0) is 49.5 Å². The Balaban J connectivity index is 1.67. The Morgan fingerprint density at radius 2 is 2.14 bits per heavy atom. The molecule has 1 fully saturated rings. The molecule has 0 bridgehead atoms. The van der Waals surface area contributed by atoms with Crippen LogP contribution in [0.5, 0.6) is 5.75 Å². The first-order valence-electron chi connectivity index (χ1n) is 7.98. The molecule has 1 saturated heterocycles. The highest BCUT2D eigenvalue weighted by Crippen LogP contribution is 2.16. The third-order valence-electron chi connectivity index (χ3n) is 4.16. The average Bonchev–Trinajstić information content (AvgIpc) is 2.48. The summed E-state index contributed by atoms with van der Waals surface area (Å²) >= 11 is 0. The minimum Gasteiger partial charge on any atom is -0.508 e. The lowest BCUT2D eigenvalue weighted by Crippen LogP contribution is -2.43. The van der Waals surface area contributed by atoms with Crippen molar-refractivity contribution in [3.05, 3.63) is 29.8 Å². The zero-order valence-corrected chi connectivity index (χ0v) is 13.2. The molecule has 0 saturated carbocycles. The van der Waals surface area contributed by atoms with Crippen molar-refractivity contribution >= 4 is 5.91 Å². The van der Waals surface area contributed by atoms with E-state index >= 15 is 0 Å². The first-order valence-corrected chi connectivity index (χ1v) is 7.98. The molecule has 1 unspecified atom stereocenters. The van der Waals surface area contributed by atoms with E-state index in [4.69, 9.17) is 0 Å². The van der Waals surface area contributed by atoms with Crippen LogP contribution < -0.4 is 5.32 Å². The molecular weight excluding hydrogens is 280 g/mol. The maximum Gasteiger partial charge on any atom is 0.224 e. The molecule has 0 aliphatic carbocycles. The SMILES string of the molecule is CC1CCN(CC(O)CNC(=O)Cc2cccc(O)c2)CC1. The Morgan fingerprint density at radius 3 is 2.82 bits per heavy atom. The summed E-state index contributed by atoms with van der Waals surface area (Å²) in [5, 5.41) is 22.1. The lowest BCUT2D eigenvalue weighted by molar-refractivity contribution is -0.121. The number of aliphatic hydroxyl groups excluding tert-OH is 1. The van der Waals surface area contributed by atoms with Gasteiger partial charge in [0.05, 0.1) is 12.5 Å². The van der Waals surface area contributed by atoms with E-state index in [-0.39, 0.29) is 24.6 Å². The first-order chi connectivity index (χ1) is 10.5. The van der Waals surface area contributed by atoms with Crippen molar-refractivity contribution in [1.29, 1.82) is 0 Å². The lowest BCUT2D eigenvalue weighted by Gasteiger charge is -2.31. The van der Waals surface area contributed by atoms with Gasteiger partial charge in [-0.1, -0.05) is 19.1 Å². The van der Waals surface area contributed by atoms with Crippen LogP contribution in [0, 0.1) is 5.92 Å². The number of phenols is 1. The zero-order chi connectivity index (χ0) is 15.9. The summed E-state index contributed by atoms with van der Waals surface area (Å²) in [7, 11) is 0. The smallest absolute Gasteiger partial charge is 0.224 e. The van der Waals surface area contributed by atoms with Gasteiger partial charge in [-0.25, -0.2) is 0 Å². The first kappa shape index (κ1) is 16.8. The molecule has 1 aliphatic heterocycles. The minimum absolute atomic E-state index is 0.142. The topological polar surface area (TPSA) is 72.8 Å². The van der Waals surface area contributed by atoms with Crippen LogP contribution in [0.15, 0.2) is 24.3 Å². The number of likely N-dealkylation sites (tertiary alicyclic amines) is 1. The van der Waals surface area contributed by atoms with E-state index in [9.17, 15) is 15.0 Å². The van der Waals surface area contributed by atoms with E-state index in [0.29, 0.717) is 6.54 Å². The van der Waals surface area contributed by atoms with E-state index in [1.165, 1.54) is 12.8 Å². The van der Waals surface area contributed by atoms with Crippen LogP contribution in [0.1, 0.15) is 25.3 Å². The van der Waals surface area contributed by atoms with Crippen molar-refractivity contribution < 1.29 is 15.0 Å². The molecule has 0 radical (unpaired) electrons. The largest absolute Gasteiger partial charge is 0.508 e. The van der Waals surface area contributed by atoms with Crippen LogP contribution in [0.4, 0.5) is 0 Å². The van der Waals surface area contributed by atoms with Gasteiger partial charge in [0.15, 0.2) is 0 Å². The van der Waals surface area contributed by atoms with Crippen molar-refractivity contribution in [3.63, 3.8) is 0 Å². The summed E-state index contributed by atoms with van der Waals surface area (Å²) in [6, 6.07) is 6.66. The van der Waals surface area contributed by atoms with Crippen LogP contribution in [0.25, 0.3) is 0 Å². The average molecular weight is 306 g/mol. The molecule has 1 atom stereocenters. The van der Waals surface area contributed by atoms with Gasteiger partial charge in [0, 0.05) is 13.1 Å². The van der Waals surface area contributed by atoms with E-state index in [0.717, 1.165) is 24.6 Å². The fraction of sp³-hybridized carbons (Fsp3) is 0.588. The number of aliphatic hydroxyl groups is 1. The van der Waals surface area contributed by atoms with Gasteiger partial charge in [0.1, 0.15) is 5.75 Å². The Labute approximate surface area is 131 Å². The predicted octanol–water partition coefficient (Wildman–Crippen LogP) is 1.14. The summed E-state index contributed by atoms with van der Waals surface area (Å²) in [6.07, 6.45) is 2.02. The van der Waals surface area contributed by atoms with Crippen LogP contribution in [-0.2, 0) is 11.2 Å². The number of carbonyl (C=O) groups is 1. The number of β-amino-alcohol motifs (C(OH)–C–C–N with tert-alkyl or cyclic N) is 1. The molecule has 5 nitrogen and oxygen atoms in total. The van der Waals surface area contributed by atoms with E-state index < -0.39 is 6.10 Å². The highest BCUT2D eigenvalue weighted by atomic mass is 16.3. The number of carbonyl (C=O) groups excluding carboxylic acids is 1. The summed E-state index contributed by atoms with van der Waals surface area (Å²) < 4.78 is 0. The number of hydrogen-bond acceptors (Lipinski definition) is 4. The van der Waals surface area contributed by atoms with Gasteiger partial charge < -0.3 is 20.4 Å².